The SMILES string of the molecule is Cc1cc2ccc(/C=C/C(C)(C)C(=O)NC(C(=O)N[C@@H](C)C(=O)N3CCC[C@@H](C(=O)O)N3)C(C)C)cc2nc1[C@@H](C)O. The zero-order valence-corrected chi connectivity index (χ0v) is 25.4. The quantitative estimate of drug-likeness (QED) is 0.286. The van der Waals surface area contributed by atoms with Crippen molar-refractivity contribution in [3.05, 3.63) is 47.2 Å². The van der Waals surface area contributed by atoms with Gasteiger partial charge in [0.25, 0.3) is 5.91 Å². The molecule has 5 N–H and O–H groups in total. The first-order chi connectivity index (χ1) is 19.6. The predicted molar refractivity (Wildman–Crippen MR) is 160 cm³/mol. The largest absolute Gasteiger partial charge is 0.480 e. The number of benzene rings is 1. The molecule has 1 aliphatic rings. The van der Waals surface area contributed by atoms with Gasteiger partial charge in [-0.05, 0) is 76.6 Å². The summed E-state index contributed by atoms with van der Waals surface area (Å²) in [6.07, 6.45) is 3.84. The number of hydrogen-bond donors (Lipinski definition) is 5. The number of carbonyl (C=O) groups excluding carboxylic acids is 3. The van der Waals surface area contributed by atoms with Crippen molar-refractivity contribution in [3.8, 4) is 0 Å². The number of nitrogens with one attached hydrogen (secondary N) is 3. The Labute approximate surface area is 246 Å². The van der Waals surface area contributed by atoms with E-state index in [-0.39, 0.29) is 11.8 Å². The van der Waals surface area contributed by atoms with Crippen LogP contribution in [0.2, 0.25) is 0 Å². The van der Waals surface area contributed by atoms with E-state index in [4.69, 9.17) is 0 Å². The summed E-state index contributed by atoms with van der Waals surface area (Å²) in [4.78, 5) is 55.3. The lowest BCUT2D eigenvalue weighted by Gasteiger charge is -2.34. The lowest BCUT2D eigenvalue weighted by atomic mass is 9.89. The Hall–Kier alpha value is -3.83. The van der Waals surface area contributed by atoms with Gasteiger partial charge in [-0.1, -0.05) is 38.1 Å². The number of carboxylic acids is 1. The fourth-order valence-electron chi connectivity index (χ4n) is 4.80. The first-order valence-corrected chi connectivity index (χ1v) is 14.3. The van der Waals surface area contributed by atoms with E-state index >= 15 is 0 Å². The van der Waals surface area contributed by atoms with Crippen LogP contribution >= 0.6 is 0 Å². The molecule has 1 aromatic carbocycles. The average molecular weight is 582 g/mol. The summed E-state index contributed by atoms with van der Waals surface area (Å²) in [5, 5.41) is 27.0. The summed E-state index contributed by atoms with van der Waals surface area (Å²) in [5.74, 6) is -2.62. The molecular weight excluding hydrogens is 538 g/mol. The van der Waals surface area contributed by atoms with E-state index in [1.807, 2.05) is 37.3 Å². The van der Waals surface area contributed by atoms with Gasteiger partial charge in [0.1, 0.15) is 18.1 Å². The third-order valence-corrected chi connectivity index (χ3v) is 7.46. The number of nitrogens with zero attached hydrogens (tertiary/aromatic N) is 2. The molecule has 0 radical (unpaired) electrons. The molecule has 3 amide bonds. The van der Waals surface area contributed by atoms with Crippen molar-refractivity contribution < 1.29 is 29.4 Å². The topological polar surface area (TPSA) is 161 Å². The van der Waals surface area contributed by atoms with Crippen LogP contribution in [-0.4, -0.2) is 68.6 Å². The van der Waals surface area contributed by atoms with Gasteiger partial charge in [-0.15, -0.1) is 0 Å². The van der Waals surface area contributed by atoms with E-state index in [2.05, 4.69) is 21.0 Å². The normalized spacial score (nSPS) is 18.1. The van der Waals surface area contributed by atoms with E-state index in [0.29, 0.717) is 25.1 Å². The fourth-order valence-corrected chi connectivity index (χ4v) is 4.80. The van der Waals surface area contributed by atoms with Gasteiger partial charge in [0.05, 0.1) is 22.7 Å². The number of hydrogen-bond acceptors (Lipinski definition) is 7. The highest BCUT2D eigenvalue weighted by molar-refractivity contribution is 5.94. The van der Waals surface area contributed by atoms with Crippen LogP contribution in [0.3, 0.4) is 0 Å². The molecule has 1 fully saturated rings. The number of carboxylic acid groups (broad SMARTS) is 1. The maximum atomic E-state index is 13.3. The number of aliphatic hydroxyl groups is 1. The van der Waals surface area contributed by atoms with Crippen LogP contribution in [0, 0.1) is 18.3 Å². The van der Waals surface area contributed by atoms with E-state index in [1.54, 1.807) is 40.7 Å². The van der Waals surface area contributed by atoms with Crippen LogP contribution in [0.5, 0.6) is 0 Å². The smallest absolute Gasteiger partial charge is 0.322 e. The van der Waals surface area contributed by atoms with Crippen LogP contribution in [0.4, 0.5) is 0 Å². The molecule has 1 aliphatic heterocycles. The Kier molecular flexibility index (Phi) is 10.5. The number of aliphatic hydroxyl groups excluding tert-OH is 1. The number of aryl methyl sites for hydroxylation is 1. The molecule has 0 spiro atoms. The summed E-state index contributed by atoms with van der Waals surface area (Å²) in [6, 6.07) is 5.06. The maximum Gasteiger partial charge on any atom is 0.322 e. The van der Waals surface area contributed by atoms with E-state index in [0.717, 1.165) is 22.0 Å². The van der Waals surface area contributed by atoms with Crippen LogP contribution in [-0.2, 0) is 19.2 Å². The summed E-state index contributed by atoms with van der Waals surface area (Å²) in [6.45, 7) is 12.5. The number of amides is 3. The summed E-state index contributed by atoms with van der Waals surface area (Å²) in [7, 11) is 0. The number of hydrazine groups is 1. The summed E-state index contributed by atoms with van der Waals surface area (Å²) in [5.41, 5.74) is 4.83. The molecule has 3 rings (SSSR count). The lowest BCUT2D eigenvalue weighted by Crippen LogP contribution is -2.61. The molecule has 42 heavy (non-hydrogen) atoms. The number of rotatable bonds is 10. The van der Waals surface area contributed by atoms with E-state index in [9.17, 15) is 29.4 Å². The standard InChI is InChI=1S/C31H43N5O6/c1-17(2)25(27(38)32-19(4)28(39)36-14-8-9-23(35-36)29(40)41)34-30(42)31(6,7)13-12-21-10-11-22-15-18(3)26(20(5)37)33-24(22)16-21/h10-13,15-17,19-20,23,25,35,37H,8-9,14H2,1-7H3,(H,32,38)(H,34,42)(H,40,41)/b13-12+/t19-,20+,23-,25?/m0/s1. The molecule has 2 aromatic rings. The molecule has 4 atom stereocenters. The highest BCUT2D eigenvalue weighted by Crippen LogP contribution is 2.24. The van der Waals surface area contributed by atoms with Crippen molar-refractivity contribution >= 4 is 40.7 Å². The molecule has 228 valence electrons. The van der Waals surface area contributed by atoms with Crippen LogP contribution < -0.4 is 16.1 Å². The Morgan fingerprint density at radius 3 is 2.43 bits per heavy atom. The Bertz CT molecular complexity index is 1370. The first-order valence-electron chi connectivity index (χ1n) is 14.3. The maximum absolute atomic E-state index is 13.3. The Morgan fingerprint density at radius 2 is 1.81 bits per heavy atom. The second-order valence-electron chi connectivity index (χ2n) is 12.0. The van der Waals surface area contributed by atoms with Crippen molar-refractivity contribution in [1.82, 2.24) is 26.1 Å². The van der Waals surface area contributed by atoms with Gasteiger partial charge in [-0.25, -0.2) is 10.4 Å². The Morgan fingerprint density at radius 1 is 1.12 bits per heavy atom. The zero-order valence-electron chi connectivity index (χ0n) is 25.4. The van der Waals surface area contributed by atoms with E-state index < -0.39 is 47.4 Å². The van der Waals surface area contributed by atoms with Crippen molar-refractivity contribution in [1.29, 1.82) is 0 Å². The van der Waals surface area contributed by atoms with Crippen LogP contribution in [0.25, 0.3) is 17.0 Å². The third kappa shape index (κ3) is 7.92. The second kappa shape index (κ2) is 13.4. The van der Waals surface area contributed by atoms with Gasteiger partial charge in [0, 0.05) is 11.9 Å². The minimum atomic E-state index is -1.04. The van der Waals surface area contributed by atoms with Gasteiger partial charge in [-0.3, -0.25) is 24.2 Å². The number of pyridine rings is 1. The van der Waals surface area contributed by atoms with Gasteiger partial charge in [0.15, 0.2) is 0 Å². The summed E-state index contributed by atoms with van der Waals surface area (Å²) < 4.78 is 0. The average Bonchev–Trinajstić information content (AvgIpc) is 2.93. The molecule has 11 heteroatoms. The molecule has 0 bridgehead atoms. The monoisotopic (exact) mass is 581 g/mol. The molecule has 0 saturated carbocycles. The van der Waals surface area contributed by atoms with Crippen molar-refractivity contribution in [3.63, 3.8) is 0 Å². The molecule has 11 nitrogen and oxygen atoms in total. The third-order valence-electron chi connectivity index (χ3n) is 7.46. The van der Waals surface area contributed by atoms with Crippen molar-refractivity contribution in [2.24, 2.45) is 11.3 Å². The van der Waals surface area contributed by atoms with Crippen LogP contribution in [0.1, 0.15) is 77.3 Å². The highest BCUT2D eigenvalue weighted by Gasteiger charge is 2.34. The summed E-state index contributed by atoms with van der Waals surface area (Å²) >= 11 is 0. The first kappa shape index (κ1) is 32.7. The molecule has 1 unspecified atom stereocenters. The number of fused-ring (bicyclic) bond motifs is 1. The van der Waals surface area contributed by atoms with Crippen LogP contribution in [0.15, 0.2) is 30.3 Å². The number of aromatic nitrogens is 1. The minimum Gasteiger partial charge on any atom is -0.480 e. The number of aliphatic carboxylic acids is 1. The molecule has 2 heterocycles. The predicted octanol–water partition coefficient (Wildman–Crippen LogP) is 2.86. The number of carbonyl (C=O) groups is 4. The molecule has 1 aromatic heterocycles. The fraction of sp³-hybridized carbons (Fsp3) is 0.516. The van der Waals surface area contributed by atoms with Crippen molar-refractivity contribution in [2.75, 3.05) is 6.54 Å². The van der Waals surface area contributed by atoms with Crippen molar-refractivity contribution in [2.45, 2.75) is 85.5 Å². The van der Waals surface area contributed by atoms with Gasteiger partial charge in [0.2, 0.25) is 11.8 Å². The lowest BCUT2D eigenvalue weighted by molar-refractivity contribution is -0.148. The van der Waals surface area contributed by atoms with E-state index in [1.165, 1.54) is 11.9 Å². The second-order valence-corrected chi connectivity index (χ2v) is 12.0. The van der Waals surface area contributed by atoms with Gasteiger partial charge < -0.3 is 20.8 Å². The molecule has 0 aliphatic carbocycles. The Balaban J connectivity index is 1.68. The zero-order chi connectivity index (χ0) is 31.4. The van der Waals surface area contributed by atoms with Gasteiger partial charge >= 0.3 is 5.97 Å². The minimum absolute atomic E-state index is 0.265. The molecule has 1 saturated heterocycles. The molecular formula is C31H43N5O6. The van der Waals surface area contributed by atoms with Gasteiger partial charge in [-0.2, -0.15) is 0 Å². The highest BCUT2D eigenvalue weighted by atomic mass is 16.4.